The Morgan fingerprint density at radius 2 is 1.95 bits per heavy atom. The summed E-state index contributed by atoms with van der Waals surface area (Å²) in [6, 6.07) is 8.49. The van der Waals surface area contributed by atoms with Crippen molar-refractivity contribution in [2.75, 3.05) is 25.0 Å². The molecule has 0 radical (unpaired) electrons. The third kappa shape index (κ3) is 4.65. The molecule has 0 bridgehead atoms. The van der Waals surface area contributed by atoms with Crippen LogP contribution in [0.25, 0.3) is 0 Å². The van der Waals surface area contributed by atoms with E-state index < -0.39 is 0 Å². The van der Waals surface area contributed by atoms with Crippen molar-refractivity contribution in [3.05, 3.63) is 29.8 Å². The Morgan fingerprint density at radius 3 is 2.58 bits per heavy atom. The first-order chi connectivity index (χ1) is 9.28. The number of carbonyl (C=O) groups is 1. The summed E-state index contributed by atoms with van der Waals surface area (Å²) < 4.78 is 0. The SMILES string of the molecule is CCc1ccc(NC(=O)CNC2CCNCC2)cc1. The van der Waals surface area contributed by atoms with E-state index >= 15 is 0 Å². The number of piperidine rings is 1. The molecule has 1 aromatic carbocycles. The summed E-state index contributed by atoms with van der Waals surface area (Å²) in [5.41, 5.74) is 2.15. The molecule has 0 aromatic heterocycles. The Balaban J connectivity index is 1.73. The summed E-state index contributed by atoms with van der Waals surface area (Å²) in [6.07, 6.45) is 3.21. The number of nitrogens with one attached hydrogen (secondary N) is 3. The number of anilines is 1. The highest BCUT2D eigenvalue weighted by Gasteiger charge is 2.13. The third-order valence-electron chi connectivity index (χ3n) is 3.54. The summed E-state index contributed by atoms with van der Waals surface area (Å²) in [4.78, 5) is 11.8. The molecule has 1 aliphatic rings. The molecule has 1 aromatic rings. The highest BCUT2D eigenvalue weighted by molar-refractivity contribution is 5.92. The maximum Gasteiger partial charge on any atom is 0.238 e. The molecule has 104 valence electrons. The molecule has 0 atom stereocenters. The van der Waals surface area contributed by atoms with E-state index in [-0.39, 0.29) is 5.91 Å². The minimum absolute atomic E-state index is 0.0304. The van der Waals surface area contributed by atoms with Crippen LogP contribution in [0.5, 0.6) is 0 Å². The molecular weight excluding hydrogens is 238 g/mol. The molecule has 1 aliphatic heterocycles. The lowest BCUT2D eigenvalue weighted by Crippen LogP contribution is -2.42. The maximum absolute atomic E-state index is 11.8. The van der Waals surface area contributed by atoms with Crippen molar-refractivity contribution in [2.24, 2.45) is 0 Å². The van der Waals surface area contributed by atoms with Crippen molar-refractivity contribution in [3.8, 4) is 0 Å². The van der Waals surface area contributed by atoms with Crippen LogP contribution in [0.1, 0.15) is 25.3 Å². The average molecular weight is 261 g/mol. The number of hydrogen-bond acceptors (Lipinski definition) is 3. The van der Waals surface area contributed by atoms with E-state index in [0.717, 1.165) is 38.0 Å². The van der Waals surface area contributed by atoms with Crippen molar-refractivity contribution >= 4 is 11.6 Å². The molecule has 0 saturated carbocycles. The Labute approximate surface area is 115 Å². The highest BCUT2D eigenvalue weighted by Crippen LogP contribution is 2.09. The molecule has 0 unspecified atom stereocenters. The van der Waals surface area contributed by atoms with Crippen molar-refractivity contribution in [1.29, 1.82) is 0 Å². The van der Waals surface area contributed by atoms with Gasteiger partial charge in [0, 0.05) is 11.7 Å². The van der Waals surface area contributed by atoms with Crippen LogP contribution in [0.4, 0.5) is 5.69 Å². The molecule has 1 fully saturated rings. The lowest BCUT2D eigenvalue weighted by molar-refractivity contribution is -0.115. The van der Waals surface area contributed by atoms with E-state index in [1.54, 1.807) is 0 Å². The molecule has 3 N–H and O–H groups in total. The first kappa shape index (κ1) is 14.0. The van der Waals surface area contributed by atoms with Gasteiger partial charge in [0.25, 0.3) is 0 Å². The Hall–Kier alpha value is -1.39. The molecule has 1 saturated heterocycles. The van der Waals surface area contributed by atoms with E-state index in [4.69, 9.17) is 0 Å². The van der Waals surface area contributed by atoms with E-state index in [2.05, 4.69) is 35.0 Å². The zero-order chi connectivity index (χ0) is 13.5. The minimum atomic E-state index is 0.0304. The summed E-state index contributed by atoms with van der Waals surface area (Å²) in [5, 5.41) is 9.54. The van der Waals surface area contributed by atoms with Crippen LogP contribution in [0, 0.1) is 0 Å². The lowest BCUT2D eigenvalue weighted by Gasteiger charge is -2.23. The number of carbonyl (C=O) groups excluding carboxylic acids is 1. The number of benzene rings is 1. The topological polar surface area (TPSA) is 53.2 Å². The number of aryl methyl sites for hydroxylation is 1. The highest BCUT2D eigenvalue weighted by atomic mass is 16.1. The summed E-state index contributed by atoms with van der Waals surface area (Å²) in [6.45, 7) is 4.59. The van der Waals surface area contributed by atoms with Gasteiger partial charge in [0.2, 0.25) is 5.91 Å². The van der Waals surface area contributed by atoms with Gasteiger partial charge in [-0.1, -0.05) is 19.1 Å². The standard InChI is InChI=1S/C15H23N3O/c1-2-12-3-5-14(6-4-12)18-15(19)11-17-13-7-9-16-10-8-13/h3-6,13,16-17H,2,7-11H2,1H3,(H,18,19). The monoisotopic (exact) mass is 261 g/mol. The second kappa shape index (κ2) is 7.26. The number of hydrogen-bond donors (Lipinski definition) is 3. The van der Waals surface area contributed by atoms with Gasteiger partial charge in [0.15, 0.2) is 0 Å². The second-order valence-electron chi connectivity index (χ2n) is 5.00. The van der Waals surface area contributed by atoms with E-state index in [9.17, 15) is 4.79 Å². The zero-order valence-corrected chi connectivity index (χ0v) is 11.5. The molecule has 1 heterocycles. The van der Waals surface area contributed by atoms with Gasteiger partial charge in [-0.15, -0.1) is 0 Å². The zero-order valence-electron chi connectivity index (χ0n) is 11.5. The van der Waals surface area contributed by atoms with Crippen molar-refractivity contribution in [1.82, 2.24) is 10.6 Å². The van der Waals surface area contributed by atoms with E-state index in [1.807, 2.05) is 12.1 Å². The van der Waals surface area contributed by atoms with Gasteiger partial charge in [-0.2, -0.15) is 0 Å². The van der Waals surface area contributed by atoms with Gasteiger partial charge in [-0.25, -0.2) is 0 Å². The molecule has 1 amide bonds. The average Bonchev–Trinajstić information content (AvgIpc) is 2.47. The third-order valence-corrected chi connectivity index (χ3v) is 3.54. The van der Waals surface area contributed by atoms with Gasteiger partial charge in [-0.05, 0) is 50.0 Å². The lowest BCUT2D eigenvalue weighted by atomic mass is 10.1. The molecular formula is C15H23N3O. The molecule has 4 heteroatoms. The number of rotatable bonds is 5. The van der Waals surface area contributed by atoms with Crippen LogP contribution >= 0.6 is 0 Å². The van der Waals surface area contributed by atoms with E-state index in [0.29, 0.717) is 12.6 Å². The van der Waals surface area contributed by atoms with Gasteiger partial charge >= 0.3 is 0 Å². The molecule has 0 aliphatic carbocycles. The van der Waals surface area contributed by atoms with Gasteiger partial charge in [0.05, 0.1) is 6.54 Å². The molecule has 2 rings (SSSR count). The van der Waals surface area contributed by atoms with Gasteiger partial charge in [-0.3, -0.25) is 4.79 Å². The van der Waals surface area contributed by atoms with Crippen LogP contribution < -0.4 is 16.0 Å². The van der Waals surface area contributed by atoms with E-state index in [1.165, 1.54) is 5.56 Å². The largest absolute Gasteiger partial charge is 0.325 e. The predicted molar refractivity (Wildman–Crippen MR) is 78.3 cm³/mol. The van der Waals surface area contributed by atoms with Crippen LogP contribution in [0.2, 0.25) is 0 Å². The Bertz CT molecular complexity index is 396. The quantitative estimate of drug-likeness (QED) is 0.753. The summed E-state index contributed by atoms with van der Waals surface area (Å²) in [7, 11) is 0. The fraction of sp³-hybridized carbons (Fsp3) is 0.533. The normalized spacial score (nSPS) is 16.3. The Morgan fingerprint density at radius 1 is 1.26 bits per heavy atom. The maximum atomic E-state index is 11.8. The summed E-state index contributed by atoms with van der Waals surface area (Å²) in [5.74, 6) is 0.0304. The smallest absolute Gasteiger partial charge is 0.238 e. The fourth-order valence-electron chi connectivity index (χ4n) is 2.29. The van der Waals surface area contributed by atoms with Crippen molar-refractivity contribution in [2.45, 2.75) is 32.2 Å². The predicted octanol–water partition coefficient (Wildman–Crippen LogP) is 1.53. The first-order valence-electron chi connectivity index (χ1n) is 7.11. The minimum Gasteiger partial charge on any atom is -0.325 e. The van der Waals surface area contributed by atoms with Crippen LogP contribution in [0.3, 0.4) is 0 Å². The van der Waals surface area contributed by atoms with Crippen molar-refractivity contribution in [3.63, 3.8) is 0 Å². The summed E-state index contributed by atoms with van der Waals surface area (Å²) >= 11 is 0. The van der Waals surface area contributed by atoms with Crippen LogP contribution in [0.15, 0.2) is 24.3 Å². The molecule has 4 nitrogen and oxygen atoms in total. The number of amides is 1. The van der Waals surface area contributed by atoms with Gasteiger partial charge in [0.1, 0.15) is 0 Å². The Kier molecular flexibility index (Phi) is 5.36. The van der Waals surface area contributed by atoms with Crippen molar-refractivity contribution < 1.29 is 4.79 Å². The molecule has 19 heavy (non-hydrogen) atoms. The van der Waals surface area contributed by atoms with Crippen LogP contribution in [-0.2, 0) is 11.2 Å². The molecule has 0 spiro atoms. The fourth-order valence-corrected chi connectivity index (χ4v) is 2.29. The second-order valence-corrected chi connectivity index (χ2v) is 5.00. The first-order valence-corrected chi connectivity index (χ1v) is 7.11. The van der Waals surface area contributed by atoms with Crippen LogP contribution in [-0.4, -0.2) is 31.6 Å². The van der Waals surface area contributed by atoms with Gasteiger partial charge < -0.3 is 16.0 Å².